The van der Waals surface area contributed by atoms with Crippen LogP contribution in [-0.4, -0.2) is 33.5 Å². The molecule has 0 saturated carbocycles. The van der Waals surface area contributed by atoms with Gasteiger partial charge in [-0.25, -0.2) is 4.79 Å². The average molecular weight is 320 g/mol. The lowest BCUT2D eigenvalue weighted by atomic mass is 10.2. The van der Waals surface area contributed by atoms with Gasteiger partial charge in [0.1, 0.15) is 36.5 Å². The molecule has 1 fully saturated rings. The maximum atomic E-state index is 11.8. The van der Waals surface area contributed by atoms with Crippen molar-refractivity contribution in [2.75, 3.05) is 12.3 Å². The van der Waals surface area contributed by atoms with Gasteiger partial charge in [0, 0.05) is 18.2 Å². The summed E-state index contributed by atoms with van der Waals surface area (Å²) in [7, 11) is -2.12. The van der Waals surface area contributed by atoms with Crippen LogP contribution in [0, 0.1) is 6.92 Å². The van der Waals surface area contributed by atoms with Crippen LogP contribution in [0.1, 0.15) is 18.2 Å². The molecule has 110 valence electrons. The van der Waals surface area contributed by atoms with Crippen molar-refractivity contribution in [1.29, 1.82) is 0 Å². The van der Waals surface area contributed by atoms with Crippen LogP contribution in [-0.2, 0) is 13.8 Å². The second-order valence-electron chi connectivity index (χ2n) is 4.43. The fourth-order valence-electron chi connectivity index (χ4n) is 2.05. The number of aromatic nitrogens is 2. The summed E-state index contributed by atoms with van der Waals surface area (Å²) in [5, 5.41) is 9.23. The predicted octanol–water partition coefficient (Wildman–Crippen LogP) is 0.386. The predicted molar refractivity (Wildman–Crippen MR) is 74.7 cm³/mol. The number of aryl methyl sites for hydroxylation is 1. The number of anilines is 1. The van der Waals surface area contributed by atoms with Crippen molar-refractivity contribution in [2.24, 2.45) is 0 Å². The molecule has 0 amide bonds. The van der Waals surface area contributed by atoms with E-state index in [-0.39, 0.29) is 18.8 Å². The molecule has 1 saturated heterocycles. The third-order valence-electron chi connectivity index (χ3n) is 3.07. The van der Waals surface area contributed by atoms with Crippen LogP contribution in [0.5, 0.6) is 0 Å². The van der Waals surface area contributed by atoms with Crippen LogP contribution in [0.25, 0.3) is 0 Å². The number of hydrogen-bond acceptors (Lipinski definition) is 7. The van der Waals surface area contributed by atoms with E-state index in [9.17, 15) is 14.5 Å². The molecule has 0 radical (unpaired) electrons. The minimum absolute atomic E-state index is 0.161. The third-order valence-corrected chi connectivity index (χ3v) is 3.80. The Morgan fingerprint density at radius 3 is 3.05 bits per heavy atom. The molecule has 1 aromatic heterocycles. The highest BCUT2D eigenvalue weighted by Gasteiger charge is 2.41. The Balaban J connectivity index is 2.25. The minimum Gasteiger partial charge on any atom is -0.394 e. The summed E-state index contributed by atoms with van der Waals surface area (Å²) in [4.78, 5) is 15.5. The molecule has 1 unspecified atom stereocenters. The molecule has 3 N–H and O–H groups in total. The lowest BCUT2D eigenvalue weighted by Gasteiger charge is -2.15. The van der Waals surface area contributed by atoms with Crippen molar-refractivity contribution >= 4 is 25.3 Å². The van der Waals surface area contributed by atoms with Crippen molar-refractivity contribution in [3.8, 4) is 0 Å². The molecule has 0 spiro atoms. The van der Waals surface area contributed by atoms with Gasteiger partial charge in [0.2, 0.25) is 0 Å². The maximum Gasteiger partial charge on any atom is 0.582 e. The number of rotatable bonds is 4. The summed E-state index contributed by atoms with van der Waals surface area (Å²) in [5.41, 5.74) is 5.64. The first kappa shape index (κ1) is 15.4. The van der Waals surface area contributed by atoms with Gasteiger partial charge in [-0.15, -0.1) is 4.52 Å². The summed E-state index contributed by atoms with van der Waals surface area (Å²) in [6, 6.07) is 0. The molecule has 8 nitrogen and oxygen atoms in total. The number of aliphatic hydroxyl groups excluding tert-OH is 1. The zero-order chi connectivity index (χ0) is 14.9. The van der Waals surface area contributed by atoms with E-state index in [4.69, 9.17) is 15.0 Å². The molecule has 1 aliphatic heterocycles. The molecule has 0 aromatic carbocycles. The summed E-state index contributed by atoms with van der Waals surface area (Å²) in [6.07, 6.45) is -0.128. The van der Waals surface area contributed by atoms with Gasteiger partial charge in [0.05, 0.1) is 6.61 Å². The highest BCUT2D eigenvalue weighted by Crippen LogP contribution is 2.38. The number of hydrogen-bond donors (Lipinski definition) is 3. The van der Waals surface area contributed by atoms with Crippen LogP contribution in [0.2, 0.25) is 0 Å². The van der Waals surface area contributed by atoms with E-state index >= 15 is 0 Å². The molecule has 2 heterocycles. The Morgan fingerprint density at radius 2 is 2.45 bits per heavy atom. The smallest absolute Gasteiger partial charge is 0.394 e. The molecular formula is C10H15N3O5PS+. The third kappa shape index (κ3) is 3.18. The van der Waals surface area contributed by atoms with Crippen molar-refractivity contribution in [2.45, 2.75) is 31.8 Å². The largest absolute Gasteiger partial charge is 0.582 e. The summed E-state index contributed by atoms with van der Waals surface area (Å²) in [5.74, 6) is 0.161. The van der Waals surface area contributed by atoms with Crippen LogP contribution in [0.3, 0.4) is 0 Å². The molecular weight excluding hydrogens is 305 g/mol. The molecule has 1 aliphatic rings. The topological polar surface area (TPSA) is 117 Å². The normalized spacial score (nSPS) is 26.8. The van der Waals surface area contributed by atoms with Gasteiger partial charge in [-0.1, -0.05) is 0 Å². The average Bonchev–Trinajstić information content (AvgIpc) is 2.75. The van der Waals surface area contributed by atoms with Crippen molar-refractivity contribution in [1.82, 2.24) is 9.55 Å². The number of nitrogens with two attached hydrogens (primary N) is 1. The lowest BCUT2D eigenvalue weighted by molar-refractivity contribution is -0.0409. The van der Waals surface area contributed by atoms with Gasteiger partial charge >= 0.3 is 12.9 Å². The Kier molecular flexibility index (Phi) is 4.77. The summed E-state index contributed by atoms with van der Waals surface area (Å²) >= 11 is 3.67. The number of thiol groups is 1. The van der Waals surface area contributed by atoms with Gasteiger partial charge in [-0.05, 0) is 11.5 Å². The lowest BCUT2D eigenvalue weighted by Crippen LogP contribution is -2.28. The zero-order valence-corrected chi connectivity index (χ0v) is 12.5. The number of nitrogen functional groups attached to an aromatic ring is 1. The second kappa shape index (κ2) is 6.19. The zero-order valence-electron chi connectivity index (χ0n) is 10.7. The van der Waals surface area contributed by atoms with Crippen LogP contribution in [0.4, 0.5) is 5.82 Å². The minimum atomic E-state index is -2.12. The molecule has 2 rings (SSSR count). The van der Waals surface area contributed by atoms with E-state index in [1.807, 2.05) is 0 Å². The van der Waals surface area contributed by atoms with Gasteiger partial charge in [-0.3, -0.25) is 4.57 Å². The number of ether oxygens (including phenoxy) is 1. The van der Waals surface area contributed by atoms with E-state index in [0.717, 1.165) is 0 Å². The van der Waals surface area contributed by atoms with Crippen LogP contribution in [0.15, 0.2) is 11.0 Å². The highest BCUT2D eigenvalue weighted by atomic mass is 32.7. The molecule has 20 heavy (non-hydrogen) atoms. The fourth-order valence-corrected chi connectivity index (χ4v) is 2.86. The van der Waals surface area contributed by atoms with E-state index in [1.54, 1.807) is 6.92 Å². The molecule has 0 aliphatic carbocycles. The van der Waals surface area contributed by atoms with Crippen LogP contribution >= 0.6 is 19.5 Å². The van der Waals surface area contributed by atoms with Gasteiger partial charge in [-0.2, -0.15) is 4.98 Å². The van der Waals surface area contributed by atoms with E-state index in [2.05, 4.69) is 17.2 Å². The Hall–Kier alpha value is -0.990. The Bertz CT molecular complexity index is 581. The molecule has 4 atom stereocenters. The second-order valence-corrected chi connectivity index (χ2v) is 6.09. The van der Waals surface area contributed by atoms with Crippen molar-refractivity contribution in [3.05, 3.63) is 22.2 Å². The van der Waals surface area contributed by atoms with E-state index in [1.165, 1.54) is 10.8 Å². The molecule has 10 heteroatoms. The van der Waals surface area contributed by atoms with Crippen LogP contribution < -0.4 is 11.4 Å². The Labute approximate surface area is 120 Å². The van der Waals surface area contributed by atoms with E-state index in [0.29, 0.717) is 5.56 Å². The van der Waals surface area contributed by atoms with Crippen molar-refractivity contribution in [3.63, 3.8) is 0 Å². The highest BCUT2D eigenvalue weighted by molar-refractivity contribution is 8.39. The van der Waals surface area contributed by atoms with E-state index < -0.39 is 31.4 Å². The molecule has 1 aromatic rings. The number of aliphatic hydroxyl groups is 1. The monoisotopic (exact) mass is 320 g/mol. The van der Waals surface area contributed by atoms with Crippen molar-refractivity contribution < 1.29 is 18.9 Å². The Morgan fingerprint density at radius 1 is 1.75 bits per heavy atom. The fraction of sp³-hybridized carbons (Fsp3) is 0.600. The number of nitrogens with zero attached hydrogens (tertiary/aromatic N) is 2. The van der Waals surface area contributed by atoms with Gasteiger partial charge < -0.3 is 15.6 Å². The first-order chi connectivity index (χ1) is 9.42. The summed E-state index contributed by atoms with van der Waals surface area (Å²) in [6.45, 7) is 1.41. The summed E-state index contributed by atoms with van der Waals surface area (Å²) < 4.78 is 22.9. The first-order valence-electron chi connectivity index (χ1n) is 5.87. The van der Waals surface area contributed by atoms with Gasteiger partial charge in [0.15, 0.2) is 0 Å². The SMILES string of the molecule is Cc1cn([C@H]2C[C@H](O[P+](=O)S)[C@@H](CO)O2)c(=O)nc1N. The quantitative estimate of drug-likeness (QED) is 0.542. The molecule has 0 bridgehead atoms. The maximum absolute atomic E-state index is 11.8. The first-order valence-corrected chi connectivity index (χ1v) is 8.20. The standard InChI is InChI=1S/C10H14N3O5PS/c1-5-3-13(10(15)12-9(5)11)8-2-6(18-19(16)20)7(4-14)17-8/h3,6-8,14H,2,4H2,1H3,(H2-,11,12,15,16,20)/p+1/t6-,7+,8+/m0/s1. The van der Waals surface area contributed by atoms with Gasteiger partial charge in [0.25, 0.3) is 0 Å².